The van der Waals surface area contributed by atoms with Gasteiger partial charge in [0, 0.05) is 13.2 Å². The van der Waals surface area contributed by atoms with E-state index in [1.807, 2.05) is 6.92 Å². The van der Waals surface area contributed by atoms with Gasteiger partial charge >= 0.3 is 0 Å². The van der Waals surface area contributed by atoms with Crippen LogP contribution >= 0.6 is 23.2 Å². The van der Waals surface area contributed by atoms with Crippen molar-refractivity contribution in [3.05, 3.63) is 21.9 Å². The number of aromatic nitrogens is 1. The molecule has 0 aromatic carbocycles. The minimum atomic E-state index is -0.174. The van der Waals surface area contributed by atoms with Crippen molar-refractivity contribution in [3.63, 3.8) is 0 Å². The van der Waals surface area contributed by atoms with Crippen LogP contribution in [0.2, 0.25) is 10.3 Å². The lowest BCUT2D eigenvalue weighted by atomic mass is 9.99. The normalized spacial score (nSPS) is 13.5. The summed E-state index contributed by atoms with van der Waals surface area (Å²) in [5.74, 6) is 0. The van der Waals surface area contributed by atoms with E-state index in [0.29, 0.717) is 10.3 Å². The number of nitrogens with one attached hydrogen (secondary N) is 1. The molecule has 0 amide bonds. The topological polar surface area (TPSA) is 34.1 Å². The van der Waals surface area contributed by atoms with Gasteiger partial charge in [0.15, 0.2) is 5.15 Å². The third kappa shape index (κ3) is 4.30. The first-order chi connectivity index (χ1) is 8.25. The summed E-state index contributed by atoms with van der Waals surface area (Å²) < 4.78 is 5.42. The molecule has 1 unspecified atom stereocenters. The Labute approximate surface area is 119 Å². The SMILES string of the molecule is COC(C)(C)CC(C)Nc1c(C)cc(Cl)nc1Cl. The molecule has 0 aliphatic rings. The van der Waals surface area contributed by atoms with E-state index < -0.39 is 0 Å². The number of anilines is 1. The number of ether oxygens (including phenoxy) is 1. The van der Waals surface area contributed by atoms with Crippen molar-refractivity contribution in [2.45, 2.75) is 45.8 Å². The molecule has 0 aliphatic carbocycles. The summed E-state index contributed by atoms with van der Waals surface area (Å²) in [6, 6.07) is 2.02. The molecule has 0 spiro atoms. The predicted molar refractivity (Wildman–Crippen MR) is 77.8 cm³/mol. The molecule has 0 bridgehead atoms. The number of halogens is 2. The molecule has 1 N–H and O–H groups in total. The highest BCUT2D eigenvalue weighted by Gasteiger charge is 2.21. The van der Waals surface area contributed by atoms with Crippen molar-refractivity contribution >= 4 is 28.9 Å². The first kappa shape index (κ1) is 15.5. The Bertz CT molecular complexity index is 398. The molecule has 102 valence electrons. The zero-order chi connectivity index (χ0) is 13.9. The molecule has 18 heavy (non-hydrogen) atoms. The molecule has 1 heterocycles. The summed E-state index contributed by atoms with van der Waals surface area (Å²) in [5, 5.41) is 4.18. The van der Waals surface area contributed by atoms with E-state index >= 15 is 0 Å². The average molecular weight is 291 g/mol. The van der Waals surface area contributed by atoms with Crippen LogP contribution in [-0.4, -0.2) is 23.7 Å². The van der Waals surface area contributed by atoms with Gasteiger partial charge in [0.2, 0.25) is 0 Å². The van der Waals surface area contributed by atoms with Crippen molar-refractivity contribution < 1.29 is 4.74 Å². The first-order valence-electron chi connectivity index (χ1n) is 5.89. The van der Waals surface area contributed by atoms with E-state index in [-0.39, 0.29) is 11.6 Å². The number of hydrogen-bond acceptors (Lipinski definition) is 3. The average Bonchev–Trinajstić information content (AvgIpc) is 2.22. The van der Waals surface area contributed by atoms with E-state index in [1.54, 1.807) is 13.2 Å². The summed E-state index contributed by atoms with van der Waals surface area (Å²) in [6.07, 6.45) is 0.863. The summed E-state index contributed by atoms with van der Waals surface area (Å²) >= 11 is 11.9. The van der Waals surface area contributed by atoms with Crippen LogP contribution in [0.3, 0.4) is 0 Å². The Morgan fingerprint density at radius 1 is 1.44 bits per heavy atom. The van der Waals surface area contributed by atoms with Crippen LogP contribution in [0.25, 0.3) is 0 Å². The fraction of sp³-hybridized carbons (Fsp3) is 0.615. The maximum Gasteiger partial charge on any atom is 0.154 e. The van der Waals surface area contributed by atoms with E-state index in [4.69, 9.17) is 27.9 Å². The molecular formula is C13H20Cl2N2O. The number of rotatable bonds is 5. The second-order valence-electron chi connectivity index (χ2n) is 5.14. The standard InChI is InChI=1S/C13H20Cl2N2O/c1-8-6-10(14)17-12(15)11(8)16-9(2)7-13(3,4)18-5/h6,9,16H,7H2,1-5H3. The highest BCUT2D eigenvalue weighted by molar-refractivity contribution is 6.34. The van der Waals surface area contributed by atoms with E-state index in [0.717, 1.165) is 17.7 Å². The minimum Gasteiger partial charge on any atom is -0.380 e. The Hall–Kier alpha value is -0.510. The van der Waals surface area contributed by atoms with Gasteiger partial charge in [-0.1, -0.05) is 23.2 Å². The Kier molecular flexibility index (Phi) is 5.26. The zero-order valence-electron chi connectivity index (χ0n) is 11.5. The zero-order valence-corrected chi connectivity index (χ0v) is 13.0. The minimum absolute atomic E-state index is 0.174. The lowest BCUT2D eigenvalue weighted by molar-refractivity contribution is 0.0128. The van der Waals surface area contributed by atoms with Crippen LogP contribution in [-0.2, 0) is 4.74 Å². The van der Waals surface area contributed by atoms with Crippen molar-refractivity contribution in [2.75, 3.05) is 12.4 Å². The van der Waals surface area contributed by atoms with Gasteiger partial charge < -0.3 is 10.1 Å². The van der Waals surface area contributed by atoms with Gasteiger partial charge in [-0.05, 0) is 45.7 Å². The number of hydrogen-bond donors (Lipinski definition) is 1. The van der Waals surface area contributed by atoms with E-state index in [9.17, 15) is 0 Å². The van der Waals surface area contributed by atoms with E-state index in [2.05, 4.69) is 31.1 Å². The monoisotopic (exact) mass is 290 g/mol. The largest absolute Gasteiger partial charge is 0.380 e. The van der Waals surface area contributed by atoms with Crippen LogP contribution < -0.4 is 5.32 Å². The van der Waals surface area contributed by atoms with Crippen LogP contribution in [0, 0.1) is 6.92 Å². The highest BCUT2D eigenvalue weighted by atomic mass is 35.5. The molecule has 0 radical (unpaired) electrons. The Balaban J connectivity index is 2.79. The quantitative estimate of drug-likeness (QED) is 0.821. The number of pyridine rings is 1. The van der Waals surface area contributed by atoms with Crippen LogP contribution in [0.15, 0.2) is 6.07 Å². The van der Waals surface area contributed by atoms with Crippen molar-refractivity contribution in [1.29, 1.82) is 0 Å². The van der Waals surface area contributed by atoms with Gasteiger partial charge in [0.1, 0.15) is 5.15 Å². The molecular weight excluding hydrogens is 271 g/mol. The number of methoxy groups -OCH3 is 1. The maximum absolute atomic E-state index is 6.09. The molecule has 1 atom stereocenters. The fourth-order valence-electron chi connectivity index (χ4n) is 1.89. The second-order valence-corrected chi connectivity index (χ2v) is 5.89. The lowest BCUT2D eigenvalue weighted by Gasteiger charge is -2.28. The summed E-state index contributed by atoms with van der Waals surface area (Å²) in [6.45, 7) is 8.15. The maximum atomic E-state index is 6.09. The molecule has 5 heteroatoms. The summed E-state index contributed by atoms with van der Waals surface area (Å²) in [4.78, 5) is 4.04. The van der Waals surface area contributed by atoms with Gasteiger partial charge in [-0.3, -0.25) is 0 Å². The Morgan fingerprint density at radius 2 is 2.06 bits per heavy atom. The third-order valence-electron chi connectivity index (χ3n) is 2.88. The molecule has 3 nitrogen and oxygen atoms in total. The first-order valence-corrected chi connectivity index (χ1v) is 6.65. The van der Waals surface area contributed by atoms with Gasteiger partial charge in [0.25, 0.3) is 0 Å². The third-order valence-corrected chi connectivity index (χ3v) is 3.35. The summed E-state index contributed by atoms with van der Waals surface area (Å²) in [5.41, 5.74) is 1.65. The van der Waals surface area contributed by atoms with Gasteiger partial charge in [-0.15, -0.1) is 0 Å². The molecule has 1 aromatic rings. The smallest absolute Gasteiger partial charge is 0.154 e. The van der Waals surface area contributed by atoms with Gasteiger partial charge in [0.05, 0.1) is 11.3 Å². The molecule has 0 aliphatic heterocycles. The highest BCUT2D eigenvalue weighted by Crippen LogP contribution is 2.28. The van der Waals surface area contributed by atoms with Gasteiger partial charge in [-0.2, -0.15) is 0 Å². The van der Waals surface area contributed by atoms with Crippen molar-refractivity contribution in [3.8, 4) is 0 Å². The molecule has 1 rings (SSSR count). The van der Waals surface area contributed by atoms with Gasteiger partial charge in [-0.25, -0.2) is 4.98 Å². The van der Waals surface area contributed by atoms with Crippen molar-refractivity contribution in [1.82, 2.24) is 4.98 Å². The van der Waals surface area contributed by atoms with Crippen LogP contribution in [0.4, 0.5) is 5.69 Å². The molecule has 0 saturated carbocycles. The second kappa shape index (κ2) is 6.09. The van der Waals surface area contributed by atoms with Crippen LogP contribution in [0.1, 0.15) is 32.8 Å². The van der Waals surface area contributed by atoms with Crippen LogP contribution in [0.5, 0.6) is 0 Å². The molecule has 0 saturated heterocycles. The molecule has 0 fully saturated rings. The number of aryl methyl sites for hydroxylation is 1. The Morgan fingerprint density at radius 3 is 2.56 bits per heavy atom. The number of nitrogens with zero attached hydrogens (tertiary/aromatic N) is 1. The predicted octanol–water partition coefficient (Wildman–Crippen LogP) is 4.31. The fourth-order valence-corrected chi connectivity index (χ4v) is 2.47. The van der Waals surface area contributed by atoms with E-state index in [1.165, 1.54) is 0 Å². The van der Waals surface area contributed by atoms with Crippen molar-refractivity contribution in [2.24, 2.45) is 0 Å². The molecule has 1 aromatic heterocycles. The lowest BCUT2D eigenvalue weighted by Crippen LogP contribution is -2.31. The summed E-state index contributed by atoms with van der Waals surface area (Å²) in [7, 11) is 1.72.